The predicted molar refractivity (Wildman–Crippen MR) is 250 cm³/mol. The molecule has 344 valence electrons. The first kappa shape index (κ1) is 50.4. The maximum absolute atomic E-state index is 13.0. The van der Waals surface area contributed by atoms with E-state index in [1.807, 2.05) is 21.9 Å². The Morgan fingerprint density at radius 3 is 1.41 bits per heavy atom. The van der Waals surface area contributed by atoms with Gasteiger partial charge in [0, 0.05) is 52.4 Å². The van der Waals surface area contributed by atoms with Gasteiger partial charge in [-0.3, -0.25) is 19.4 Å². The normalized spacial score (nSPS) is 15.3. The minimum atomic E-state index is -1.92. The van der Waals surface area contributed by atoms with E-state index in [0.29, 0.717) is 44.4 Å². The number of piperazine rings is 2. The predicted octanol–water partition coefficient (Wildman–Crippen LogP) is 7.24. The van der Waals surface area contributed by atoms with Gasteiger partial charge in [-0.2, -0.15) is 0 Å². The average Bonchev–Trinajstić information content (AvgIpc) is 3.20. The van der Waals surface area contributed by atoms with Gasteiger partial charge in [-0.15, -0.1) is 0 Å². The van der Waals surface area contributed by atoms with Crippen LogP contribution in [0, 0.1) is 11.6 Å². The van der Waals surface area contributed by atoms with Crippen molar-refractivity contribution in [2.45, 2.75) is 77.8 Å². The number of carbonyl (C=O) groups is 2. The van der Waals surface area contributed by atoms with Gasteiger partial charge in [0.1, 0.15) is 46.4 Å². The number of amides is 1. The summed E-state index contributed by atoms with van der Waals surface area (Å²) in [4.78, 5) is 47.5. The Morgan fingerprint density at radius 2 is 1.06 bits per heavy atom. The molecule has 4 N–H and O–H groups in total. The molecule has 6 heterocycles. The standard InChI is InChI=1S/C22H32FN5O2Si.C11H14FN3O2.C11H20N2OSi/c1-22(2,3)31(4,5)30-18-7-8-19(24-15-18)26-21(29)16-27-10-12-28(13-11-27)20-9-6-17(23)14-25-20;12-9-1-2-10(13-7-9)15-5-3-14(4-6-15)8-11(16)17;1-11(2,3)15(4,5)14-9-6-7-10(12)13-8-9/h6-9,14-15H,10-13,16H2,1-5H3,(H,24,26,29);1-2,7H,3-6,8H2,(H,16,17);6-8H,1-5H3,(H2,12,13). The highest BCUT2D eigenvalue weighted by molar-refractivity contribution is 6.75. The third-order valence-electron chi connectivity index (χ3n) is 11.7. The largest absolute Gasteiger partial charge is 0.542 e. The van der Waals surface area contributed by atoms with Gasteiger partial charge in [-0.05, 0) is 84.8 Å². The molecule has 4 aromatic rings. The number of nitrogen functional groups attached to an aromatic ring is 1. The number of anilines is 4. The number of halogens is 2. The Bertz CT molecular complexity index is 2040. The van der Waals surface area contributed by atoms with Gasteiger partial charge in [-0.1, -0.05) is 41.5 Å². The van der Waals surface area contributed by atoms with Crippen molar-refractivity contribution < 1.29 is 32.3 Å². The molecule has 0 unspecified atom stereocenters. The Morgan fingerprint density at radius 1 is 0.635 bits per heavy atom. The van der Waals surface area contributed by atoms with Gasteiger partial charge in [0.2, 0.25) is 5.91 Å². The Balaban J connectivity index is 0.000000229. The summed E-state index contributed by atoms with van der Waals surface area (Å²) in [6.45, 7) is 28.1. The van der Waals surface area contributed by atoms with Gasteiger partial charge >= 0.3 is 5.97 Å². The molecule has 0 bridgehead atoms. The molecule has 0 aliphatic carbocycles. The van der Waals surface area contributed by atoms with Crippen LogP contribution >= 0.6 is 0 Å². The summed E-state index contributed by atoms with van der Waals surface area (Å²) in [6, 6.07) is 13.4. The summed E-state index contributed by atoms with van der Waals surface area (Å²) in [5.74, 6) is 2.49. The fraction of sp³-hybridized carbons (Fsp3) is 0.500. The van der Waals surface area contributed by atoms with E-state index in [0.717, 1.165) is 49.3 Å². The van der Waals surface area contributed by atoms with Crippen LogP contribution in [0.1, 0.15) is 41.5 Å². The zero-order valence-electron chi connectivity index (χ0n) is 38.5. The van der Waals surface area contributed by atoms with Gasteiger partial charge in [0.25, 0.3) is 16.6 Å². The van der Waals surface area contributed by atoms with Crippen LogP contribution in [0.25, 0.3) is 0 Å². The van der Waals surface area contributed by atoms with E-state index >= 15 is 0 Å². The molecule has 4 aromatic heterocycles. The molecular formula is C44H66F2N10O5Si2. The first-order chi connectivity index (χ1) is 29.4. The monoisotopic (exact) mass is 908 g/mol. The first-order valence-electron chi connectivity index (χ1n) is 21.2. The number of hydrogen-bond donors (Lipinski definition) is 3. The molecule has 0 saturated carbocycles. The van der Waals surface area contributed by atoms with Crippen molar-refractivity contribution in [3.8, 4) is 11.5 Å². The van der Waals surface area contributed by atoms with E-state index in [2.05, 4.69) is 103 Å². The van der Waals surface area contributed by atoms with Gasteiger partial charge < -0.3 is 34.8 Å². The number of nitrogens with one attached hydrogen (secondary N) is 1. The van der Waals surface area contributed by atoms with Crippen molar-refractivity contribution in [1.29, 1.82) is 0 Å². The summed E-state index contributed by atoms with van der Waals surface area (Å²) >= 11 is 0. The molecule has 0 spiro atoms. The third kappa shape index (κ3) is 16.1. The molecule has 2 saturated heterocycles. The average molecular weight is 909 g/mol. The van der Waals surface area contributed by atoms with Crippen LogP contribution in [0.5, 0.6) is 11.5 Å². The van der Waals surface area contributed by atoms with E-state index in [9.17, 15) is 18.4 Å². The maximum atomic E-state index is 13.0. The van der Waals surface area contributed by atoms with Crippen LogP contribution in [0.15, 0.2) is 73.3 Å². The Labute approximate surface area is 373 Å². The number of aliphatic carboxylic acids is 1. The first-order valence-corrected chi connectivity index (χ1v) is 27.0. The van der Waals surface area contributed by atoms with Crippen LogP contribution in [0.2, 0.25) is 36.3 Å². The van der Waals surface area contributed by atoms with Crippen molar-refractivity contribution in [2.75, 3.05) is 86.3 Å². The molecule has 15 nitrogen and oxygen atoms in total. The molecule has 2 fully saturated rings. The second-order valence-corrected chi connectivity index (χ2v) is 28.1. The van der Waals surface area contributed by atoms with E-state index < -0.39 is 22.6 Å². The molecule has 19 heteroatoms. The van der Waals surface area contributed by atoms with E-state index in [1.54, 1.807) is 36.7 Å². The molecule has 6 rings (SSSR count). The lowest BCUT2D eigenvalue weighted by molar-refractivity contribution is -0.138. The number of nitrogens with zero attached hydrogens (tertiary/aromatic N) is 8. The highest BCUT2D eigenvalue weighted by Crippen LogP contribution is 2.38. The molecular weight excluding hydrogens is 843 g/mol. The molecule has 0 aromatic carbocycles. The zero-order valence-corrected chi connectivity index (χ0v) is 40.5. The van der Waals surface area contributed by atoms with E-state index in [4.69, 9.17) is 19.7 Å². The Kier molecular flexibility index (Phi) is 17.5. The highest BCUT2D eigenvalue weighted by atomic mass is 28.4. The van der Waals surface area contributed by atoms with Crippen molar-refractivity contribution in [2.24, 2.45) is 0 Å². The van der Waals surface area contributed by atoms with Crippen LogP contribution in [0.3, 0.4) is 0 Å². The summed E-state index contributed by atoms with van der Waals surface area (Å²) < 4.78 is 38.0. The summed E-state index contributed by atoms with van der Waals surface area (Å²) in [5, 5.41) is 11.8. The van der Waals surface area contributed by atoms with Crippen molar-refractivity contribution in [1.82, 2.24) is 29.7 Å². The van der Waals surface area contributed by atoms with E-state index in [1.165, 1.54) is 24.5 Å². The maximum Gasteiger partial charge on any atom is 0.317 e. The number of carboxylic acid groups (broad SMARTS) is 1. The molecule has 0 radical (unpaired) electrons. The van der Waals surface area contributed by atoms with Crippen LogP contribution in [-0.4, -0.2) is 129 Å². The lowest BCUT2D eigenvalue weighted by Gasteiger charge is -2.36. The van der Waals surface area contributed by atoms with Crippen LogP contribution < -0.4 is 29.7 Å². The minimum absolute atomic E-state index is 0.0741. The van der Waals surface area contributed by atoms with E-state index in [-0.39, 0.29) is 34.2 Å². The lowest BCUT2D eigenvalue weighted by Crippen LogP contribution is -2.49. The fourth-order valence-corrected chi connectivity index (χ4v) is 7.85. The molecule has 2 aliphatic heterocycles. The number of rotatable bonds is 11. The van der Waals surface area contributed by atoms with Gasteiger partial charge in [-0.25, -0.2) is 28.7 Å². The molecule has 2 aliphatic rings. The SMILES string of the molecule is CC(C)(C)[Si](C)(C)Oc1ccc(N)nc1.CC(C)(C)[Si](C)(C)Oc1ccc(NC(=O)CN2CCN(c3ccc(F)cn3)CC2)nc1.O=C(O)CN1CCN(c2ccc(F)cn2)CC1. The third-order valence-corrected chi connectivity index (χ3v) is 20.4. The van der Waals surface area contributed by atoms with Crippen molar-refractivity contribution >= 4 is 51.8 Å². The highest BCUT2D eigenvalue weighted by Gasteiger charge is 2.40. The quantitative estimate of drug-likeness (QED) is 0.129. The number of carbonyl (C=O) groups excluding carboxylic acids is 1. The fourth-order valence-electron chi connectivity index (χ4n) is 5.82. The smallest absolute Gasteiger partial charge is 0.317 e. The van der Waals surface area contributed by atoms with Gasteiger partial charge in [0.15, 0.2) is 0 Å². The number of hydrogen-bond acceptors (Lipinski definition) is 13. The lowest BCUT2D eigenvalue weighted by atomic mass is 10.2. The van der Waals surface area contributed by atoms with Crippen LogP contribution in [-0.2, 0) is 9.59 Å². The number of carboxylic acids is 1. The summed E-state index contributed by atoms with van der Waals surface area (Å²) in [6.07, 6.45) is 5.78. The van der Waals surface area contributed by atoms with Crippen molar-refractivity contribution in [3.63, 3.8) is 0 Å². The van der Waals surface area contributed by atoms with Crippen molar-refractivity contribution in [3.05, 3.63) is 85.0 Å². The number of pyridine rings is 4. The Hall–Kier alpha value is -5.25. The van der Waals surface area contributed by atoms with Gasteiger partial charge in [0.05, 0.1) is 37.9 Å². The second-order valence-electron chi connectivity index (χ2n) is 18.7. The summed E-state index contributed by atoms with van der Waals surface area (Å²) in [7, 11) is -3.66. The molecule has 63 heavy (non-hydrogen) atoms. The van der Waals surface area contributed by atoms with Crippen LogP contribution in [0.4, 0.5) is 32.1 Å². The zero-order chi connectivity index (χ0) is 46.6. The topological polar surface area (TPSA) is 175 Å². The molecule has 1 amide bonds. The second kappa shape index (κ2) is 21.9. The number of aromatic nitrogens is 4. The molecule has 0 atom stereocenters. The number of nitrogens with two attached hydrogens (primary N) is 1. The minimum Gasteiger partial charge on any atom is -0.542 e. The summed E-state index contributed by atoms with van der Waals surface area (Å²) in [5.41, 5.74) is 5.52.